The van der Waals surface area contributed by atoms with Gasteiger partial charge in [0.15, 0.2) is 0 Å². The number of rotatable bonds is 10. The minimum Gasteiger partial charge on any atom is -0.339 e. The van der Waals surface area contributed by atoms with Crippen LogP contribution in [-0.4, -0.2) is 17.7 Å². The molecule has 2 nitrogen and oxygen atoms in total. The Balaban J connectivity index is 1.09. The molecule has 3 atom stereocenters. The molecule has 11 rings (SSSR count). The van der Waals surface area contributed by atoms with Gasteiger partial charge in [-0.2, -0.15) is 0 Å². The van der Waals surface area contributed by atoms with Crippen LogP contribution in [0, 0.1) is 11.3 Å². The monoisotopic (exact) mass is 903 g/mol. The Morgan fingerprint density at radius 2 is 1.17 bits per heavy atom. The average molecular weight is 903 g/mol. The summed E-state index contributed by atoms with van der Waals surface area (Å²) in [7, 11) is 0. The lowest BCUT2D eigenvalue weighted by molar-refractivity contribution is 0.261. The molecule has 5 aromatic rings. The van der Waals surface area contributed by atoms with Crippen molar-refractivity contribution in [3.63, 3.8) is 0 Å². The third kappa shape index (κ3) is 7.71. The summed E-state index contributed by atoms with van der Waals surface area (Å²) in [4.78, 5) is 5.54. The summed E-state index contributed by atoms with van der Waals surface area (Å²) in [5.74, 6) is 0.755. The smallest absolute Gasteiger partial charge is 0.222 e. The summed E-state index contributed by atoms with van der Waals surface area (Å²) in [6.45, 7) is 19.7. The van der Waals surface area contributed by atoms with Gasteiger partial charge in [0.25, 0.3) is 0 Å². The van der Waals surface area contributed by atoms with Crippen LogP contribution in [0.1, 0.15) is 128 Å². The van der Waals surface area contributed by atoms with Crippen molar-refractivity contribution >= 4 is 23.6 Å². The van der Waals surface area contributed by atoms with Gasteiger partial charge in [-0.15, -0.1) is 0 Å². The molecule has 1 saturated heterocycles. The molecule has 0 N–H and O–H groups in total. The highest BCUT2D eigenvalue weighted by molar-refractivity contribution is 6.84. The quantitative estimate of drug-likeness (QED) is 0.102. The van der Waals surface area contributed by atoms with Gasteiger partial charge in [0.1, 0.15) is 0 Å². The molecule has 5 aromatic carbocycles. The number of hydrogen-bond acceptors (Lipinski definition) is 2. The van der Waals surface area contributed by atoms with Crippen molar-refractivity contribution in [1.29, 1.82) is 0 Å². The zero-order valence-corrected chi connectivity index (χ0v) is 42.5. The minimum absolute atomic E-state index is 0.0138. The van der Waals surface area contributed by atoms with Crippen molar-refractivity contribution in [2.75, 3.05) is 4.90 Å². The molecular weight excluding hydrogens is 832 g/mol. The van der Waals surface area contributed by atoms with Gasteiger partial charge in [0.05, 0.1) is 0 Å². The molecule has 0 aromatic heterocycles. The molecule has 3 unspecified atom stereocenters. The van der Waals surface area contributed by atoms with E-state index in [2.05, 4.69) is 247 Å². The second-order valence-corrected chi connectivity index (χ2v) is 23.1. The van der Waals surface area contributed by atoms with Gasteiger partial charge in [0.2, 0.25) is 6.71 Å². The molecule has 4 aliphatic carbocycles. The Hall–Kier alpha value is -6.06. The molecule has 0 radical (unpaired) electrons. The highest BCUT2D eigenvalue weighted by Gasteiger charge is 2.54. The van der Waals surface area contributed by atoms with Crippen LogP contribution in [0.2, 0.25) is 5.82 Å². The summed E-state index contributed by atoms with van der Waals surface area (Å²) in [5.41, 5.74) is 19.5. The molecular formula is C66H71BN2. The molecule has 348 valence electrons. The van der Waals surface area contributed by atoms with Gasteiger partial charge in [-0.1, -0.05) is 219 Å². The van der Waals surface area contributed by atoms with Crippen LogP contribution in [-0.2, 0) is 16.2 Å². The highest BCUT2D eigenvalue weighted by Crippen LogP contribution is 2.56. The molecule has 2 aliphatic heterocycles. The number of fused-ring (bicyclic) bond motifs is 4. The maximum atomic E-state index is 2.85. The van der Waals surface area contributed by atoms with Crippen molar-refractivity contribution < 1.29 is 0 Å². The normalized spacial score (nSPS) is 21.4. The molecule has 1 fully saturated rings. The van der Waals surface area contributed by atoms with Crippen LogP contribution in [0.25, 0.3) is 0 Å². The van der Waals surface area contributed by atoms with E-state index in [1.807, 2.05) is 0 Å². The van der Waals surface area contributed by atoms with Crippen LogP contribution in [0.15, 0.2) is 216 Å². The van der Waals surface area contributed by atoms with E-state index in [1.165, 1.54) is 67.3 Å². The van der Waals surface area contributed by atoms with Gasteiger partial charge >= 0.3 is 0 Å². The number of nitrogens with zero attached hydrogens (tertiary/aromatic N) is 2. The van der Waals surface area contributed by atoms with E-state index in [-0.39, 0.29) is 34.4 Å². The predicted molar refractivity (Wildman–Crippen MR) is 294 cm³/mol. The van der Waals surface area contributed by atoms with E-state index in [4.69, 9.17) is 0 Å². The maximum absolute atomic E-state index is 2.85. The first-order chi connectivity index (χ1) is 33.3. The molecule has 2 heterocycles. The zero-order valence-electron chi connectivity index (χ0n) is 42.5. The van der Waals surface area contributed by atoms with E-state index in [9.17, 15) is 0 Å². The first-order valence-electron chi connectivity index (χ1n) is 26.2. The van der Waals surface area contributed by atoms with Gasteiger partial charge in [-0.25, -0.2) is 0 Å². The largest absolute Gasteiger partial charge is 0.339 e. The van der Waals surface area contributed by atoms with Gasteiger partial charge in [-0.3, -0.25) is 0 Å². The fourth-order valence-electron chi connectivity index (χ4n) is 13.3. The van der Waals surface area contributed by atoms with E-state index >= 15 is 0 Å². The van der Waals surface area contributed by atoms with Crippen LogP contribution in [0.3, 0.4) is 0 Å². The maximum Gasteiger partial charge on any atom is 0.222 e. The topological polar surface area (TPSA) is 6.48 Å². The summed E-state index contributed by atoms with van der Waals surface area (Å²) < 4.78 is 0. The van der Waals surface area contributed by atoms with Crippen molar-refractivity contribution in [2.24, 2.45) is 11.3 Å². The summed E-state index contributed by atoms with van der Waals surface area (Å²) >= 11 is 0. The fraction of sp³-hybridized carbons (Fsp3) is 0.333. The van der Waals surface area contributed by atoms with Crippen molar-refractivity contribution in [3.05, 3.63) is 244 Å². The van der Waals surface area contributed by atoms with Crippen molar-refractivity contribution in [3.8, 4) is 0 Å². The van der Waals surface area contributed by atoms with Crippen molar-refractivity contribution in [2.45, 2.75) is 128 Å². The van der Waals surface area contributed by atoms with E-state index in [0.29, 0.717) is 11.7 Å². The second kappa shape index (κ2) is 17.4. The van der Waals surface area contributed by atoms with Gasteiger partial charge in [-0.05, 0) is 131 Å². The number of allylic oxidation sites excluding steroid dienone is 12. The van der Waals surface area contributed by atoms with Gasteiger partial charge in [0, 0.05) is 50.8 Å². The van der Waals surface area contributed by atoms with Crippen LogP contribution < -0.4 is 10.4 Å². The molecule has 0 saturated carbocycles. The van der Waals surface area contributed by atoms with Crippen molar-refractivity contribution in [1.82, 2.24) is 4.90 Å². The lowest BCUT2D eigenvalue weighted by Crippen LogP contribution is -2.59. The van der Waals surface area contributed by atoms with Crippen LogP contribution in [0.4, 0.5) is 11.4 Å². The Morgan fingerprint density at radius 1 is 0.551 bits per heavy atom. The third-order valence-corrected chi connectivity index (χ3v) is 17.9. The number of benzene rings is 5. The lowest BCUT2D eigenvalue weighted by Gasteiger charge is -2.56. The average Bonchev–Trinajstić information content (AvgIpc) is 3.39. The number of anilines is 2. The Morgan fingerprint density at radius 3 is 1.80 bits per heavy atom. The minimum atomic E-state index is -0.176. The lowest BCUT2D eigenvalue weighted by atomic mass is 9.26. The van der Waals surface area contributed by atoms with E-state index in [0.717, 1.165) is 44.9 Å². The van der Waals surface area contributed by atoms with Crippen LogP contribution >= 0.6 is 0 Å². The molecule has 0 amide bonds. The number of hydrogen-bond donors (Lipinski definition) is 0. The van der Waals surface area contributed by atoms with Gasteiger partial charge < -0.3 is 9.80 Å². The molecule has 6 aliphatic rings. The molecule has 69 heavy (non-hydrogen) atoms. The Kier molecular flexibility index (Phi) is 11.5. The summed E-state index contributed by atoms with van der Waals surface area (Å²) in [5, 5.41) is 0. The SMILES string of the molecule is CC(C)(C1=CCCC=C1)C1=CC=C(N2C3=CCCC4=C3B(c3cc(C(C)(C)c5ccccc5)ccc3N4c3ccc(C(C)(C)c4ccccc4)cc3)C3CC(C(C)(C)c4ccccc4)C=CC32)CC1. The van der Waals surface area contributed by atoms with Crippen LogP contribution in [0.5, 0.6) is 0 Å². The summed E-state index contributed by atoms with van der Waals surface area (Å²) in [6, 6.07) is 50.9. The zero-order chi connectivity index (χ0) is 47.7. The Bertz CT molecular complexity index is 2970. The Labute approximate surface area is 414 Å². The van der Waals surface area contributed by atoms with E-state index < -0.39 is 0 Å². The third-order valence-electron chi connectivity index (χ3n) is 17.9. The fourth-order valence-corrected chi connectivity index (χ4v) is 13.3. The first kappa shape index (κ1) is 45.4. The first-order valence-corrected chi connectivity index (χ1v) is 26.2. The summed E-state index contributed by atoms with van der Waals surface area (Å²) in [6.07, 6.45) is 27.7. The molecule has 3 heteroatoms. The van der Waals surface area contributed by atoms with E-state index in [1.54, 1.807) is 11.0 Å². The standard InChI is InChI=1S/C66H71BN2/c1-63(2,46-22-13-9-14-23-46)50-32-38-54(39-33-50)68-58-42-36-52(65(5,6)48-26-17-11-18-27-48)44-56(58)67-57-45-53(66(7,8)49-28-19-12-20-29-49)37-43-59(57)69(61-31-21-30-60(68)62(61)67)55-40-34-51(35-41-55)64(3,4)47-24-15-10-16-25-47/h9,11-15,17-20,22-29,31-34,36-40,42-44,53,57,59H,10,16,21,30,35,41,45H2,1-8H3. The second-order valence-electron chi connectivity index (χ2n) is 23.1. The predicted octanol–water partition coefficient (Wildman–Crippen LogP) is 16.2. The molecule has 0 spiro atoms. The molecule has 0 bridgehead atoms. The highest BCUT2D eigenvalue weighted by atomic mass is 15.2.